The maximum atomic E-state index is 13.2. The molecule has 0 fully saturated rings. The Morgan fingerprint density at radius 3 is 2.44 bits per heavy atom. The summed E-state index contributed by atoms with van der Waals surface area (Å²) in [6.07, 6.45) is 2.47. The Morgan fingerprint density at radius 1 is 0.969 bits per heavy atom. The fourth-order valence-electron chi connectivity index (χ4n) is 3.69. The average molecular weight is 467 g/mol. The number of carbonyl (C=O) groups excluding carboxylic acids is 1. The zero-order valence-electron chi connectivity index (χ0n) is 17.6. The first-order chi connectivity index (χ1) is 15.4. The van der Waals surface area contributed by atoms with E-state index in [0.29, 0.717) is 27.2 Å². The summed E-state index contributed by atoms with van der Waals surface area (Å²) in [6.45, 7) is 2.07. The van der Waals surface area contributed by atoms with Crippen LogP contribution in [-0.2, 0) is 33.4 Å². The molecule has 0 radical (unpaired) electrons. The topological polar surface area (TPSA) is 68.2 Å². The molecular weight excluding hydrogens is 444 g/mol. The summed E-state index contributed by atoms with van der Waals surface area (Å²) in [5.41, 5.74) is 3.20. The third-order valence-corrected chi connectivity index (χ3v) is 7.24. The lowest BCUT2D eigenvalue weighted by atomic mass is 10.1. The lowest BCUT2D eigenvalue weighted by Gasteiger charge is -2.08. The van der Waals surface area contributed by atoms with Crippen molar-refractivity contribution in [1.82, 2.24) is 4.57 Å². The van der Waals surface area contributed by atoms with Gasteiger partial charge in [0, 0.05) is 27.8 Å². The van der Waals surface area contributed by atoms with E-state index in [2.05, 4.69) is 12.2 Å². The van der Waals surface area contributed by atoms with E-state index >= 15 is 0 Å². The van der Waals surface area contributed by atoms with E-state index in [4.69, 9.17) is 11.6 Å². The van der Waals surface area contributed by atoms with Gasteiger partial charge in [0.25, 0.3) is 0 Å². The number of rotatable bonds is 7. The van der Waals surface area contributed by atoms with E-state index in [1.165, 1.54) is 5.56 Å². The van der Waals surface area contributed by atoms with Crippen molar-refractivity contribution in [3.8, 4) is 0 Å². The number of nitrogens with one attached hydrogen (secondary N) is 1. The number of carbonyl (C=O) groups is 1. The number of fused-ring (bicyclic) bond motifs is 1. The van der Waals surface area contributed by atoms with Crippen molar-refractivity contribution in [2.24, 2.45) is 0 Å². The van der Waals surface area contributed by atoms with Crippen molar-refractivity contribution in [3.05, 3.63) is 95.1 Å². The van der Waals surface area contributed by atoms with Crippen LogP contribution in [0.5, 0.6) is 0 Å². The largest absolute Gasteiger partial charge is 0.337 e. The summed E-state index contributed by atoms with van der Waals surface area (Å²) in [4.78, 5) is 12.9. The quantitative estimate of drug-likeness (QED) is 0.392. The minimum Gasteiger partial charge on any atom is -0.337 e. The predicted molar refractivity (Wildman–Crippen MR) is 129 cm³/mol. The molecule has 0 aliphatic heterocycles. The summed E-state index contributed by atoms with van der Waals surface area (Å²) >= 11 is 6.02. The van der Waals surface area contributed by atoms with Crippen LogP contribution in [0.2, 0.25) is 5.02 Å². The second-order valence-corrected chi connectivity index (χ2v) is 10.0. The highest BCUT2D eigenvalue weighted by molar-refractivity contribution is 7.90. The van der Waals surface area contributed by atoms with Crippen molar-refractivity contribution in [2.75, 3.05) is 5.32 Å². The highest BCUT2D eigenvalue weighted by Gasteiger charge is 2.22. The predicted octanol–water partition coefficient (Wildman–Crippen LogP) is 5.47. The van der Waals surface area contributed by atoms with Crippen LogP contribution < -0.4 is 5.32 Å². The lowest BCUT2D eigenvalue weighted by molar-refractivity contribution is -0.116. The smallest absolute Gasteiger partial charge is 0.244 e. The van der Waals surface area contributed by atoms with Crippen LogP contribution in [-0.4, -0.2) is 18.9 Å². The Bertz CT molecular complexity index is 1380. The molecule has 3 aromatic carbocycles. The van der Waals surface area contributed by atoms with E-state index < -0.39 is 9.84 Å². The van der Waals surface area contributed by atoms with Gasteiger partial charge in [-0.25, -0.2) is 8.42 Å². The number of sulfone groups is 1. The molecule has 164 valence electrons. The van der Waals surface area contributed by atoms with Crippen LogP contribution in [0, 0.1) is 0 Å². The van der Waals surface area contributed by atoms with E-state index in [-0.39, 0.29) is 23.1 Å². The van der Waals surface area contributed by atoms with Gasteiger partial charge in [0.2, 0.25) is 5.91 Å². The van der Waals surface area contributed by atoms with E-state index in [9.17, 15) is 13.2 Å². The molecule has 1 heterocycles. The Morgan fingerprint density at radius 2 is 1.72 bits per heavy atom. The maximum absolute atomic E-state index is 13.2. The first-order valence-corrected chi connectivity index (χ1v) is 12.3. The molecule has 4 rings (SSSR count). The number of aromatic nitrogens is 1. The van der Waals surface area contributed by atoms with Gasteiger partial charge in [0.1, 0.15) is 6.54 Å². The van der Waals surface area contributed by atoms with Crippen LogP contribution in [0.1, 0.15) is 18.1 Å². The number of hydrogen-bond acceptors (Lipinski definition) is 3. The van der Waals surface area contributed by atoms with Gasteiger partial charge < -0.3 is 9.88 Å². The summed E-state index contributed by atoms with van der Waals surface area (Å²) in [7, 11) is -3.65. The van der Waals surface area contributed by atoms with Crippen LogP contribution in [0.15, 0.2) is 83.9 Å². The van der Waals surface area contributed by atoms with Crippen molar-refractivity contribution in [2.45, 2.75) is 30.5 Å². The number of amides is 1. The van der Waals surface area contributed by atoms with Gasteiger partial charge in [-0.2, -0.15) is 0 Å². The number of benzene rings is 3. The van der Waals surface area contributed by atoms with Gasteiger partial charge in [-0.3, -0.25) is 4.79 Å². The minimum absolute atomic E-state index is 0.00271. The monoisotopic (exact) mass is 466 g/mol. The number of anilines is 1. The van der Waals surface area contributed by atoms with E-state index in [1.807, 2.05) is 36.4 Å². The van der Waals surface area contributed by atoms with Crippen molar-refractivity contribution >= 4 is 43.9 Å². The van der Waals surface area contributed by atoms with Gasteiger partial charge in [0.05, 0.1) is 10.6 Å². The highest BCUT2D eigenvalue weighted by Crippen LogP contribution is 2.28. The molecular formula is C25H23ClN2O3S. The zero-order chi connectivity index (χ0) is 22.7. The highest BCUT2D eigenvalue weighted by atomic mass is 35.5. The Kier molecular flexibility index (Phi) is 6.35. The molecule has 0 aliphatic carbocycles. The summed E-state index contributed by atoms with van der Waals surface area (Å²) < 4.78 is 28.1. The second kappa shape index (κ2) is 9.18. The molecule has 0 saturated carbocycles. The molecule has 1 aromatic heterocycles. The van der Waals surface area contributed by atoms with Gasteiger partial charge >= 0.3 is 0 Å². The summed E-state index contributed by atoms with van der Waals surface area (Å²) in [5, 5.41) is 3.96. The van der Waals surface area contributed by atoms with Crippen molar-refractivity contribution in [1.29, 1.82) is 0 Å². The zero-order valence-corrected chi connectivity index (χ0v) is 19.2. The normalized spacial score (nSPS) is 11.6. The van der Waals surface area contributed by atoms with Crippen molar-refractivity contribution < 1.29 is 13.2 Å². The first kappa shape index (κ1) is 22.1. The molecule has 0 spiro atoms. The summed E-state index contributed by atoms with van der Waals surface area (Å²) in [5.74, 6) is -0.397. The molecule has 32 heavy (non-hydrogen) atoms. The van der Waals surface area contributed by atoms with Gasteiger partial charge in [0.15, 0.2) is 9.84 Å². The molecule has 0 bridgehead atoms. The molecule has 0 atom stereocenters. The van der Waals surface area contributed by atoms with Crippen molar-refractivity contribution in [3.63, 3.8) is 0 Å². The molecule has 5 nitrogen and oxygen atoms in total. The number of halogens is 1. The molecule has 0 unspecified atom stereocenters. The molecule has 1 N–H and O–H groups in total. The number of para-hydroxylation sites is 1. The number of aryl methyl sites for hydroxylation is 1. The average Bonchev–Trinajstić information content (AvgIpc) is 3.13. The van der Waals surface area contributed by atoms with Gasteiger partial charge in [-0.1, -0.05) is 61.0 Å². The minimum atomic E-state index is -3.65. The standard InChI is InChI=1S/C25H23ClN2O3S/c1-2-18-10-12-21(13-11-18)27-25(29)16-28-15-24(22-8-3-4-9-23(22)28)32(30,31)17-19-6-5-7-20(26)14-19/h3-15H,2,16-17H2,1H3,(H,27,29). The second-order valence-electron chi connectivity index (χ2n) is 7.63. The van der Waals surface area contributed by atoms with Crippen LogP contribution in [0.4, 0.5) is 5.69 Å². The number of nitrogens with zero attached hydrogens (tertiary/aromatic N) is 1. The molecule has 7 heteroatoms. The fraction of sp³-hybridized carbons (Fsp3) is 0.160. The van der Waals surface area contributed by atoms with Crippen LogP contribution in [0.3, 0.4) is 0 Å². The molecule has 0 saturated heterocycles. The fourth-order valence-corrected chi connectivity index (χ4v) is 5.48. The van der Waals surface area contributed by atoms with E-state index in [0.717, 1.165) is 6.42 Å². The van der Waals surface area contributed by atoms with Crippen LogP contribution >= 0.6 is 11.6 Å². The third-order valence-electron chi connectivity index (χ3n) is 5.29. The molecule has 0 aliphatic rings. The van der Waals surface area contributed by atoms with E-state index in [1.54, 1.807) is 47.2 Å². The van der Waals surface area contributed by atoms with Crippen LogP contribution in [0.25, 0.3) is 10.9 Å². The molecule has 1 amide bonds. The van der Waals surface area contributed by atoms with Gasteiger partial charge in [-0.05, 0) is 47.9 Å². The number of hydrogen-bond donors (Lipinski definition) is 1. The summed E-state index contributed by atoms with van der Waals surface area (Å²) in [6, 6.07) is 21.7. The van der Waals surface area contributed by atoms with Gasteiger partial charge in [-0.15, -0.1) is 0 Å². The Balaban J connectivity index is 1.61. The Hall–Kier alpha value is -3.09. The SMILES string of the molecule is CCc1ccc(NC(=O)Cn2cc(S(=O)(=O)Cc3cccc(Cl)c3)c3ccccc32)cc1. The Labute approximate surface area is 192 Å². The molecule has 4 aromatic rings. The first-order valence-electron chi connectivity index (χ1n) is 10.3. The maximum Gasteiger partial charge on any atom is 0.244 e. The lowest BCUT2D eigenvalue weighted by Crippen LogP contribution is -2.18. The third kappa shape index (κ3) is 4.87.